The fourth-order valence-electron chi connectivity index (χ4n) is 9.27. The molecule has 0 amide bonds. The standard InChI is InChI=1S/C25H34O2/c1-3-15-12-16-13-17(26)6-7-18(16)19-8-10-24(4-2)23(22(15)19)20-14-21(20)25(24)9-5-11-27-25/h5,9,13,15,18-23H,3-4,6-8,10-12,14H2,1-2H3/t15?,18-,19?,20?,21?,22?,23?,24-,25-/m0/s1. The van der Waals surface area contributed by atoms with E-state index in [-0.39, 0.29) is 5.60 Å². The van der Waals surface area contributed by atoms with Crippen molar-refractivity contribution in [1.82, 2.24) is 0 Å². The lowest BCUT2D eigenvalue weighted by Gasteiger charge is -2.60. The Morgan fingerprint density at radius 2 is 2.11 bits per heavy atom. The molecule has 0 radical (unpaired) electrons. The van der Waals surface area contributed by atoms with Crippen LogP contribution in [0.1, 0.15) is 65.2 Å². The number of hydrogen-bond donors (Lipinski definition) is 0. The first kappa shape index (κ1) is 17.0. The largest absolute Gasteiger partial charge is 0.366 e. The highest BCUT2D eigenvalue weighted by molar-refractivity contribution is 5.91. The first-order valence-electron chi connectivity index (χ1n) is 11.7. The molecule has 1 heterocycles. The zero-order valence-electron chi connectivity index (χ0n) is 17.0. The van der Waals surface area contributed by atoms with Gasteiger partial charge in [0.05, 0.1) is 12.2 Å². The highest BCUT2D eigenvalue weighted by Gasteiger charge is 2.77. The van der Waals surface area contributed by atoms with Crippen LogP contribution in [0.4, 0.5) is 0 Å². The Labute approximate surface area is 163 Å². The van der Waals surface area contributed by atoms with Crippen molar-refractivity contribution in [3.8, 4) is 0 Å². The lowest BCUT2D eigenvalue weighted by molar-refractivity contribution is -0.152. The number of ether oxygens (including phenoxy) is 1. The van der Waals surface area contributed by atoms with Gasteiger partial charge in [0.2, 0.25) is 0 Å². The van der Waals surface area contributed by atoms with Crippen LogP contribution >= 0.6 is 0 Å². The van der Waals surface area contributed by atoms with Crippen molar-refractivity contribution in [1.29, 1.82) is 0 Å². The summed E-state index contributed by atoms with van der Waals surface area (Å²) in [5, 5.41) is 0. The highest BCUT2D eigenvalue weighted by atomic mass is 16.5. The third-order valence-electron chi connectivity index (χ3n) is 10.1. The molecule has 0 aromatic rings. The van der Waals surface area contributed by atoms with Crippen LogP contribution in [0.2, 0.25) is 0 Å². The molecule has 27 heavy (non-hydrogen) atoms. The van der Waals surface area contributed by atoms with Crippen LogP contribution in [0.25, 0.3) is 0 Å². The Balaban J connectivity index is 1.44. The second kappa shape index (κ2) is 5.59. The Bertz CT molecular complexity index is 735. The number of rotatable bonds is 2. The van der Waals surface area contributed by atoms with Crippen LogP contribution in [0, 0.1) is 46.8 Å². The summed E-state index contributed by atoms with van der Waals surface area (Å²) in [7, 11) is 0. The summed E-state index contributed by atoms with van der Waals surface area (Å²) < 4.78 is 6.62. The van der Waals surface area contributed by atoms with Gasteiger partial charge in [0.1, 0.15) is 0 Å². The molecule has 1 aliphatic heterocycles. The minimum Gasteiger partial charge on any atom is -0.366 e. The minimum absolute atomic E-state index is 0.0684. The maximum atomic E-state index is 12.1. The monoisotopic (exact) mass is 366 g/mol. The van der Waals surface area contributed by atoms with E-state index in [0.29, 0.717) is 17.1 Å². The molecule has 4 fully saturated rings. The molecule has 146 valence electrons. The van der Waals surface area contributed by atoms with Gasteiger partial charge >= 0.3 is 0 Å². The zero-order valence-corrected chi connectivity index (χ0v) is 17.0. The van der Waals surface area contributed by atoms with E-state index >= 15 is 0 Å². The van der Waals surface area contributed by atoms with Gasteiger partial charge in [0, 0.05) is 11.8 Å². The van der Waals surface area contributed by atoms with E-state index in [9.17, 15) is 4.79 Å². The number of carbonyl (C=O) groups excluding carboxylic acids is 1. The molecule has 0 N–H and O–H groups in total. The Kier molecular flexibility index (Phi) is 3.52. The molecular weight excluding hydrogens is 332 g/mol. The van der Waals surface area contributed by atoms with E-state index in [4.69, 9.17) is 4.74 Å². The summed E-state index contributed by atoms with van der Waals surface area (Å²) >= 11 is 0. The van der Waals surface area contributed by atoms with Gasteiger partial charge in [-0.05, 0) is 86.0 Å². The summed E-state index contributed by atoms with van der Waals surface area (Å²) in [6.45, 7) is 5.68. The van der Waals surface area contributed by atoms with E-state index in [1.165, 1.54) is 44.1 Å². The van der Waals surface area contributed by atoms with Crippen LogP contribution in [0.3, 0.4) is 0 Å². The smallest absolute Gasteiger partial charge is 0.155 e. The van der Waals surface area contributed by atoms with Crippen LogP contribution in [0.15, 0.2) is 23.8 Å². The maximum absolute atomic E-state index is 12.1. The second-order valence-electron chi connectivity index (χ2n) is 10.5. The minimum atomic E-state index is 0.0684. The SMILES string of the molecule is CCC1CC2=CC(=O)CC[C@@H]2C2CC[C@@]3(CC)C(C4CC4[C@@]34C=CCO4)C12. The third-order valence-corrected chi connectivity index (χ3v) is 10.1. The number of fused-ring (bicyclic) bond motifs is 9. The summed E-state index contributed by atoms with van der Waals surface area (Å²) in [4.78, 5) is 12.1. The van der Waals surface area contributed by atoms with Crippen LogP contribution in [-0.2, 0) is 9.53 Å². The normalized spacial score (nSPS) is 55.0. The van der Waals surface area contributed by atoms with Gasteiger partial charge < -0.3 is 4.74 Å². The van der Waals surface area contributed by atoms with Crippen molar-refractivity contribution in [3.63, 3.8) is 0 Å². The molecule has 0 aromatic heterocycles. The molecule has 2 nitrogen and oxygen atoms in total. The Hall–Kier alpha value is -0.890. The van der Waals surface area contributed by atoms with Gasteiger partial charge in [-0.2, -0.15) is 0 Å². The van der Waals surface area contributed by atoms with Crippen molar-refractivity contribution >= 4 is 5.78 Å². The number of allylic oxidation sites excluding steroid dienone is 1. The third kappa shape index (κ3) is 1.94. The molecule has 1 spiro atoms. The van der Waals surface area contributed by atoms with Gasteiger partial charge in [-0.3, -0.25) is 4.79 Å². The fraction of sp³-hybridized carbons (Fsp3) is 0.800. The molecule has 0 saturated heterocycles. The Morgan fingerprint density at radius 1 is 1.22 bits per heavy atom. The molecule has 6 unspecified atom stereocenters. The average molecular weight is 367 g/mol. The first-order chi connectivity index (χ1) is 13.1. The van der Waals surface area contributed by atoms with Gasteiger partial charge in [-0.1, -0.05) is 38.0 Å². The average Bonchev–Trinajstić information content (AvgIpc) is 3.26. The fourth-order valence-corrected chi connectivity index (χ4v) is 9.27. The first-order valence-corrected chi connectivity index (χ1v) is 11.7. The number of ketones is 1. The van der Waals surface area contributed by atoms with Crippen molar-refractivity contribution in [2.24, 2.45) is 46.8 Å². The number of hydrogen-bond acceptors (Lipinski definition) is 2. The Morgan fingerprint density at radius 3 is 2.85 bits per heavy atom. The van der Waals surface area contributed by atoms with E-state index in [1.54, 1.807) is 0 Å². The predicted octanol–water partition coefficient (Wildman–Crippen LogP) is 5.34. The van der Waals surface area contributed by atoms with Crippen LogP contribution < -0.4 is 0 Å². The summed E-state index contributed by atoms with van der Waals surface area (Å²) in [6, 6.07) is 0. The van der Waals surface area contributed by atoms with E-state index in [0.717, 1.165) is 55.0 Å². The lowest BCUT2D eigenvalue weighted by Crippen LogP contribution is -2.57. The predicted molar refractivity (Wildman–Crippen MR) is 106 cm³/mol. The zero-order chi connectivity index (χ0) is 18.4. The van der Waals surface area contributed by atoms with Crippen LogP contribution in [0.5, 0.6) is 0 Å². The molecule has 5 aliphatic carbocycles. The molecule has 2 heteroatoms. The summed E-state index contributed by atoms with van der Waals surface area (Å²) in [6.07, 6.45) is 16.7. The molecule has 6 aliphatic rings. The van der Waals surface area contributed by atoms with Crippen molar-refractivity contribution < 1.29 is 9.53 Å². The van der Waals surface area contributed by atoms with Crippen molar-refractivity contribution in [2.45, 2.75) is 70.8 Å². The van der Waals surface area contributed by atoms with E-state index in [2.05, 4.69) is 32.1 Å². The lowest BCUT2D eigenvalue weighted by atomic mass is 9.45. The van der Waals surface area contributed by atoms with E-state index < -0.39 is 0 Å². The maximum Gasteiger partial charge on any atom is 0.155 e. The quantitative estimate of drug-likeness (QED) is 0.617. The van der Waals surface area contributed by atoms with Crippen molar-refractivity contribution in [3.05, 3.63) is 23.8 Å². The van der Waals surface area contributed by atoms with Crippen molar-refractivity contribution in [2.75, 3.05) is 6.61 Å². The second-order valence-corrected chi connectivity index (χ2v) is 10.5. The van der Waals surface area contributed by atoms with Gasteiger partial charge in [-0.15, -0.1) is 0 Å². The number of carbonyl (C=O) groups is 1. The molecule has 0 bridgehead atoms. The molecule has 0 aromatic carbocycles. The van der Waals surface area contributed by atoms with Gasteiger partial charge in [0.15, 0.2) is 5.78 Å². The van der Waals surface area contributed by atoms with Gasteiger partial charge in [0.25, 0.3) is 0 Å². The summed E-state index contributed by atoms with van der Waals surface area (Å²) in [5.74, 6) is 6.13. The highest BCUT2D eigenvalue weighted by Crippen LogP contribution is 2.79. The van der Waals surface area contributed by atoms with Gasteiger partial charge in [-0.25, -0.2) is 0 Å². The molecule has 9 atom stereocenters. The molecular formula is C25H34O2. The van der Waals surface area contributed by atoms with Crippen LogP contribution in [-0.4, -0.2) is 18.0 Å². The molecule has 4 saturated carbocycles. The van der Waals surface area contributed by atoms with E-state index in [1.807, 2.05) is 0 Å². The summed E-state index contributed by atoms with van der Waals surface area (Å²) in [5.41, 5.74) is 1.98. The topological polar surface area (TPSA) is 26.3 Å². The molecule has 6 rings (SSSR count).